The molecule has 0 spiro atoms. The molecule has 21 heavy (non-hydrogen) atoms. The average molecular weight is 290 g/mol. The van der Waals surface area contributed by atoms with Gasteiger partial charge >= 0.3 is 6.18 Å². The summed E-state index contributed by atoms with van der Waals surface area (Å²) in [5.41, 5.74) is -0.345. The van der Waals surface area contributed by atoms with Crippen LogP contribution < -0.4 is 5.56 Å². The van der Waals surface area contributed by atoms with Crippen LogP contribution >= 0.6 is 0 Å². The van der Waals surface area contributed by atoms with Crippen LogP contribution in [-0.4, -0.2) is 9.55 Å². The van der Waals surface area contributed by atoms with Gasteiger partial charge in [-0.2, -0.15) is 18.2 Å². The van der Waals surface area contributed by atoms with Crippen LogP contribution in [0.3, 0.4) is 0 Å². The summed E-state index contributed by atoms with van der Waals surface area (Å²) in [6, 6.07) is 11.5. The summed E-state index contributed by atoms with van der Waals surface area (Å²) in [5, 5.41) is 0.359. The highest BCUT2D eigenvalue weighted by atomic mass is 19.4. The highest BCUT2D eigenvalue weighted by Gasteiger charge is 2.30. The number of fused-ring (bicyclic) bond motifs is 1. The van der Waals surface area contributed by atoms with Crippen molar-refractivity contribution in [3.05, 3.63) is 70.8 Å². The predicted octanol–water partition coefficient (Wildman–Crippen LogP) is 3.40. The summed E-state index contributed by atoms with van der Waals surface area (Å²) >= 11 is 0. The standard InChI is InChI=1S/C15H9F3N2O/c16-15(17,18)10-4-3-5-11(8-10)20-9-19-14(21)12-6-1-2-7-13(12)20/h1-9H. The van der Waals surface area contributed by atoms with Gasteiger partial charge in [0.25, 0.3) is 5.56 Å². The Morgan fingerprint density at radius 3 is 2.52 bits per heavy atom. The second-order valence-electron chi connectivity index (χ2n) is 4.48. The number of hydrogen-bond donors (Lipinski definition) is 0. The normalized spacial score (nSPS) is 11.8. The average Bonchev–Trinajstić information content (AvgIpc) is 2.47. The Bertz CT molecular complexity index is 868. The molecule has 6 heteroatoms. The Morgan fingerprint density at radius 1 is 1.00 bits per heavy atom. The molecule has 0 N–H and O–H groups in total. The molecular formula is C15H9F3N2O. The van der Waals surface area contributed by atoms with Gasteiger partial charge in [-0.3, -0.25) is 4.79 Å². The van der Waals surface area contributed by atoms with E-state index >= 15 is 0 Å². The topological polar surface area (TPSA) is 34.9 Å². The van der Waals surface area contributed by atoms with Gasteiger partial charge in [-0.25, -0.2) is 0 Å². The first kappa shape index (κ1) is 13.4. The zero-order chi connectivity index (χ0) is 15.0. The molecule has 0 unspecified atom stereocenters. The monoisotopic (exact) mass is 290 g/mol. The molecule has 0 fully saturated rings. The van der Waals surface area contributed by atoms with Gasteiger partial charge in [0.1, 0.15) is 6.33 Å². The lowest BCUT2D eigenvalue weighted by Gasteiger charge is -2.12. The van der Waals surface area contributed by atoms with Crippen molar-refractivity contribution in [2.45, 2.75) is 6.18 Å². The summed E-state index contributed by atoms with van der Waals surface area (Å²) < 4.78 is 39.8. The lowest BCUT2D eigenvalue weighted by Crippen LogP contribution is -2.12. The largest absolute Gasteiger partial charge is 0.416 e. The predicted molar refractivity (Wildman–Crippen MR) is 72.3 cm³/mol. The third-order valence-corrected chi connectivity index (χ3v) is 3.14. The highest BCUT2D eigenvalue weighted by molar-refractivity contribution is 5.79. The summed E-state index contributed by atoms with van der Waals surface area (Å²) in [5.74, 6) is 0. The quantitative estimate of drug-likeness (QED) is 0.688. The van der Waals surface area contributed by atoms with Crippen LogP contribution in [0.5, 0.6) is 0 Å². The second kappa shape index (κ2) is 4.73. The smallest absolute Gasteiger partial charge is 0.300 e. The molecule has 2 aromatic carbocycles. The molecule has 3 rings (SSSR count). The SMILES string of the molecule is O=c1ncn(-c2cccc(C(F)(F)F)c2)c2ccccc12. The van der Waals surface area contributed by atoms with Gasteiger partial charge in [0.05, 0.1) is 16.5 Å². The number of benzene rings is 2. The highest BCUT2D eigenvalue weighted by Crippen LogP contribution is 2.30. The summed E-state index contributed by atoms with van der Waals surface area (Å²) in [4.78, 5) is 15.4. The second-order valence-corrected chi connectivity index (χ2v) is 4.48. The van der Waals surface area contributed by atoms with Crippen molar-refractivity contribution in [1.82, 2.24) is 9.55 Å². The molecule has 0 atom stereocenters. The van der Waals surface area contributed by atoms with Crippen molar-refractivity contribution in [1.29, 1.82) is 0 Å². The van der Waals surface area contributed by atoms with Crippen molar-refractivity contribution in [3.8, 4) is 5.69 Å². The third-order valence-electron chi connectivity index (χ3n) is 3.14. The first-order valence-electron chi connectivity index (χ1n) is 6.11. The van der Waals surface area contributed by atoms with E-state index in [1.807, 2.05) is 0 Å². The minimum Gasteiger partial charge on any atom is -0.300 e. The zero-order valence-corrected chi connectivity index (χ0v) is 10.6. The number of rotatable bonds is 1. The number of nitrogens with zero attached hydrogens (tertiary/aromatic N) is 2. The molecule has 0 saturated carbocycles. The van der Waals surface area contributed by atoms with E-state index in [-0.39, 0.29) is 0 Å². The van der Waals surface area contributed by atoms with E-state index in [0.29, 0.717) is 16.6 Å². The Labute approximate surface area is 117 Å². The first-order valence-corrected chi connectivity index (χ1v) is 6.11. The Balaban J connectivity index is 2.27. The van der Waals surface area contributed by atoms with Crippen molar-refractivity contribution in [2.75, 3.05) is 0 Å². The van der Waals surface area contributed by atoms with Gasteiger partial charge in [-0.05, 0) is 30.3 Å². The van der Waals surface area contributed by atoms with Crippen LogP contribution in [0.2, 0.25) is 0 Å². The van der Waals surface area contributed by atoms with Crippen LogP contribution in [0.1, 0.15) is 5.56 Å². The molecule has 106 valence electrons. The van der Waals surface area contributed by atoms with E-state index in [4.69, 9.17) is 0 Å². The zero-order valence-electron chi connectivity index (χ0n) is 10.6. The lowest BCUT2D eigenvalue weighted by atomic mass is 10.1. The van der Waals surface area contributed by atoms with Gasteiger partial charge in [-0.1, -0.05) is 18.2 Å². The van der Waals surface area contributed by atoms with Gasteiger partial charge < -0.3 is 4.57 Å². The van der Waals surface area contributed by atoms with E-state index in [9.17, 15) is 18.0 Å². The summed E-state index contributed by atoms with van der Waals surface area (Å²) in [6.45, 7) is 0. The molecule has 1 aromatic heterocycles. The number of para-hydroxylation sites is 1. The van der Waals surface area contributed by atoms with E-state index in [0.717, 1.165) is 12.1 Å². The summed E-state index contributed by atoms with van der Waals surface area (Å²) in [7, 11) is 0. The van der Waals surface area contributed by atoms with Gasteiger partial charge in [0.15, 0.2) is 0 Å². The molecule has 0 aliphatic carbocycles. The Hall–Kier alpha value is -2.63. The van der Waals surface area contributed by atoms with Crippen molar-refractivity contribution >= 4 is 10.9 Å². The fourth-order valence-corrected chi connectivity index (χ4v) is 2.14. The van der Waals surface area contributed by atoms with Crippen molar-refractivity contribution in [3.63, 3.8) is 0 Å². The minimum atomic E-state index is -4.42. The number of halogens is 3. The third kappa shape index (κ3) is 2.40. The van der Waals surface area contributed by atoms with Gasteiger partial charge in [0.2, 0.25) is 0 Å². The molecule has 0 aliphatic rings. The number of hydrogen-bond acceptors (Lipinski definition) is 2. The van der Waals surface area contributed by atoms with Crippen molar-refractivity contribution < 1.29 is 13.2 Å². The maximum absolute atomic E-state index is 12.8. The molecule has 0 aliphatic heterocycles. The van der Waals surface area contributed by atoms with E-state index in [2.05, 4.69) is 4.98 Å². The van der Waals surface area contributed by atoms with Crippen LogP contribution in [0, 0.1) is 0 Å². The fourth-order valence-electron chi connectivity index (χ4n) is 2.14. The van der Waals surface area contributed by atoms with Crippen LogP contribution in [0.15, 0.2) is 59.7 Å². The van der Waals surface area contributed by atoms with Crippen molar-refractivity contribution in [2.24, 2.45) is 0 Å². The molecule has 1 heterocycles. The molecule has 3 aromatic rings. The molecule has 3 nitrogen and oxygen atoms in total. The Morgan fingerprint density at radius 2 is 1.76 bits per heavy atom. The molecule has 0 radical (unpaired) electrons. The maximum Gasteiger partial charge on any atom is 0.416 e. The molecule has 0 amide bonds. The fraction of sp³-hybridized carbons (Fsp3) is 0.0667. The molecule has 0 saturated heterocycles. The van der Waals surface area contributed by atoms with Crippen LogP contribution in [0.4, 0.5) is 13.2 Å². The Kier molecular flexibility index (Phi) is 3.01. The molecule has 0 bridgehead atoms. The first-order chi connectivity index (χ1) is 9.97. The van der Waals surface area contributed by atoms with E-state index < -0.39 is 17.3 Å². The lowest BCUT2D eigenvalue weighted by molar-refractivity contribution is -0.137. The van der Waals surface area contributed by atoms with E-state index in [1.54, 1.807) is 24.3 Å². The summed E-state index contributed by atoms with van der Waals surface area (Å²) in [6.07, 6.45) is -3.18. The van der Waals surface area contributed by atoms with Crippen LogP contribution in [-0.2, 0) is 6.18 Å². The number of alkyl halides is 3. The van der Waals surface area contributed by atoms with Gasteiger partial charge in [0, 0.05) is 5.69 Å². The maximum atomic E-state index is 12.8. The van der Waals surface area contributed by atoms with Crippen LogP contribution in [0.25, 0.3) is 16.6 Å². The minimum absolute atomic E-state index is 0.300. The van der Waals surface area contributed by atoms with Gasteiger partial charge in [-0.15, -0.1) is 0 Å². The molecular weight excluding hydrogens is 281 g/mol. The number of aromatic nitrogens is 2. The van der Waals surface area contributed by atoms with E-state index in [1.165, 1.54) is 23.0 Å².